The predicted octanol–water partition coefficient (Wildman–Crippen LogP) is 5.56. The minimum absolute atomic E-state index is 0.0238. The van der Waals surface area contributed by atoms with Gasteiger partial charge >= 0.3 is 0 Å². The van der Waals surface area contributed by atoms with Crippen LogP contribution in [0.25, 0.3) is 11.4 Å². The van der Waals surface area contributed by atoms with E-state index in [-0.39, 0.29) is 17.4 Å². The molecule has 4 aromatic rings. The maximum atomic E-state index is 13.0. The Morgan fingerprint density at radius 3 is 2.32 bits per heavy atom. The van der Waals surface area contributed by atoms with Gasteiger partial charge in [0.05, 0.1) is 4.92 Å². The van der Waals surface area contributed by atoms with Crippen molar-refractivity contribution in [2.45, 2.75) is 24.4 Å². The van der Waals surface area contributed by atoms with Crippen LogP contribution in [0.4, 0.5) is 15.8 Å². The lowest BCUT2D eigenvalue weighted by atomic mass is 10.1. The van der Waals surface area contributed by atoms with Gasteiger partial charge in [-0.05, 0) is 61.0 Å². The summed E-state index contributed by atoms with van der Waals surface area (Å²) in [5, 5.41) is 22.9. The third-order valence-corrected chi connectivity index (χ3v) is 6.09. The molecule has 0 aliphatic rings. The third kappa shape index (κ3) is 5.29. The van der Waals surface area contributed by atoms with E-state index in [1.807, 2.05) is 23.6 Å². The van der Waals surface area contributed by atoms with Crippen molar-refractivity contribution in [2.75, 3.05) is 5.32 Å². The Kier molecular flexibility index (Phi) is 6.98. The first-order valence-corrected chi connectivity index (χ1v) is 11.4. The maximum absolute atomic E-state index is 13.0. The number of nitrogens with zero attached hydrogens (tertiary/aromatic N) is 4. The summed E-state index contributed by atoms with van der Waals surface area (Å²) in [6, 6.07) is 19.0. The summed E-state index contributed by atoms with van der Waals surface area (Å²) in [4.78, 5) is 22.8. The van der Waals surface area contributed by atoms with Crippen LogP contribution in [0, 0.1) is 15.9 Å². The molecule has 4 rings (SSSR count). The summed E-state index contributed by atoms with van der Waals surface area (Å²) >= 11 is 1.51. The first kappa shape index (κ1) is 23.1. The van der Waals surface area contributed by atoms with E-state index in [0.29, 0.717) is 29.4 Å². The van der Waals surface area contributed by atoms with Crippen LogP contribution < -0.4 is 5.32 Å². The molecule has 1 N–H and O–H groups in total. The van der Waals surface area contributed by atoms with E-state index in [4.69, 9.17) is 0 Å². The number of anilines is 1. The highest BCUT2D eigenvalue weighted by molar-refractivity contribution is 7.98. The highest BCUT2D eigenvalue weighted by Crippen LogP contribution is 2.27. The van der Waals surface area contributed by atoms with Gasteiger partial charge in [-0.3, -0.25) is 14.9 Å². The molecule has 1 aromatic heterocycles. The number of rotatable bonds is 8. The zero-order valence-electron chi connectivity index (χ0n) is 18.1. The lowest BCUT2D eigenvalue weighted by molar-refractivity contribution is -0.384. The van der Waals surface area contributed by atoms with Gasteiger partial charge in [-0.15, -0.1) is 10.2 Å². The average Bonchev–Trinajstić information content (AvgIpc) is 3.27. The summed E-state index contributed by atoms with van der Waals surface area (Å²) in [7, 11) is 0. The van der Waals surface area contributed by atoms with Crippen LogP contribution in [-0.4, -0.2) is 25.6 Å². The lowest BCUT2D eigenvalue weighted by Crippen LogP contribution is -2.11. The first-order chi connectivity index (χ1) is 16.4. The Balaban J connectivity index is 1.41. The van der Waals surface area contributed by atoms with Crippen molar-refractivity contribution in [3.63, 3.8) is 0 Å². The largest absolute Gasteiger partial charge is 0.322 e. The fourth-order valence-electron chi connectivity index (χ4n) is 3.26. The Morgan fingerprint density at radius 2 is 1.71 bits per heavy atom. The number of carbonyl (C=O) groups excluding carboxylic acids is 1. The molecule has 0 saturated carbocycles. The second-order valence-electron chi connectivity index (χ2n) is 7.30. The number of non-ortho nitro benzene ring substituents is 1. The van der Waals surface area contributed by atoms with Crippen molar-refractivity contribution in [1.29, 1.82) is 0 Å². The molecule has 0 unspecified atom stereocenters. The molecule has 0 fully saturated rings. The summed E-state index contributed by atoms with van der Waals surface area (Å²) in [5.74, 6) is 0.633. The van der Waals surface area contributed by atoms with Gasteiger partial charge in [0.25, 0.3) is 11.6 Å². The zero-order valence-corrected chi connectivity index (χ0v) is 19.0. The minimum Gasteiger partial charge on any atom is -0.322 e. The molecule has 1 heterocycles. The third-order valence-electron chi connectivity index (χ3n) is 5.06. The summed E-state index contributed by atoms with van der Waals surface area (Å²) in [6.07, 6.45) is 0. The number of thioether (sulfide) groups is 1. The molecule has 0 spiro atoms. The quantitative estimate of drug-likeness (QED) is 0.203. The highest BCUT2D eigenvalue weighted by Gasteiger charge is 2.15. The van der Waals surface area contributed by atoms with E-state index in [0.717, 1.165) is 16.3 Å². The van der Waals surface area contributed by atoms with Crippen molar-refractivity contribution in [3.8, 4) is 11.4 Å². The molecule has 1 amide bonds. The number of amides is 1. The van der Waals surface area contributed by atoms with Crippen LogP contribution in [0.15, 0.2) is 78.0 Å². The van der Waals surface area contributed by atoms with E-state index < -0.39 is 4.92 Å². The molecule has 34 heavy (non-hydrogen) atoms. The predicted molar refractivity (Wildman–Crippen MR) is 128 cm³/mol. The molecule has 0 bridgehead atoms. The van der Waals surface area contributed by atoms with Gasteiger partial charge in [0.2, 0.25) is 0 Å². The number of nitro groups is 1. The monoisotopic (exact) mass is 477 g/mol. The van der Waals surface area contributed by atoms with Crippen LogP contribution in [0.3, 0.4) is 0 Å². The number of hydrogen-bond acceptors (Lipinski definition) is 6. The minimum atomic E-state index is -0.437. The van der Waals surface area contributed by atoms with Gasteiger partial charge in [-0.1, -0.05) is 23.9 Å². The second kappa shape index (κ2) is 10.3. The Labute approximate surface area is 199 Å². The maximum Gasteiger partial charge on any atom is 0.269 e. The standard InChI is InChI=1S/C24H20FN5O3S/c1-2-29-22(17-7-13-21(14-8-17)30(32)33)27-28-24(29)34-15-16-3-5-18(6-4-16)23(31)26-20-11-9-19(25)10-12-20/h3-14H,2,15H2,1H3,(H,26,31). The van der Waals surface area contributed by atoms with Gasteiger partial charge in [0, 0.05) is 41.2 Å². The summed E-state index contributed by atoms with van der Waals surface area (Å²) in [5.41, 5.74) is 2.80. The van der Waals surface area contributed by atoms with Crippen molar-refractivity contribution in [2.24, 2.45) is 0 Å². The van der Waals surface area contributed by atoms with E-state index >= 15 is 0 Å². The van der Waals surface area contributed by atoms with Gasteiger partial charge in [0.1, 0.15) is 5.82 Å². The van der Waals surface area contributed by atoms with E-state index in [1.54, 1.807) is 24.3 Å². The molecule has 8 nitrogen and oxygen atoms in total. The summed E-state index contributed by atoms with van der Waals surface area (Å²) < 4.78 is 15.0. The topological polar surface area (TPSA) is 103 Å². The van der Waals surface area contributed by atoms with Crippen LogP contribution in [0.2, 0.25) is 0 Å². The lowest BCUT2D eigenvalue weighted by Gasteiger charge is -2.08. The van der Waals surface area contributed by atoms with Crippen LogP contribution in [0.1, 0.15) is 22.8 Å². The molecule has 0 saturated heterocycles. The molecule has 0 aliphatic heterocycles. The number of aromatic nitrogens is 3. The first-order valence-electron chi connectivity index (χ1n) is 10.4. The normalized spacial score (nSPS) is 10.8. The van der Waals surface area contributed by atoms with Crippen molar-refractivity contribution in [1.82, 2.24) is 14.8 Å². The molecule has 10 heteroatoms. The number of benzene rings is 3. The Hall–Kier alpha value is -4.05. The second-order valence-corrected chi connectivity index (χ2v) is 8.24. The Bertz CT molecular complexity index is 1310. The van der Waals surface area contributed by atoms with Gasteiger partial charge in [-0.2, -0.15) is 0 Å². The molecule has 0 radical (unpaired) electrons. The SMILES string of the molecule is CCn1c(SCc2ccc(C(=O)Nc3ccc(F)cc3)cc2)nnc1-c1ccc([N+](=O)[O-])cc1. The Morgan fingerprint density at radius 1 is 1.03 bits per heavy atom. The van der Waals surface area contributed by atoms with Gasteiger partial charge in [-0.25, -0.2) is 4.39 Å². The van der Waals surface area contributed by atoms with Crippen molar-refractivity contribution < 1.29 is 14.1 Å². The van der Waals surface area contributed by atoms with Gasteiger partial charge < -0.3 is 9.88 Å². The number of halogens is 1. The summed E-state index contributed by atoms with van der Waals surface area (Å²) in [6.45, 7) is 2.63. The molecular formula is C24H20FN5O3S. The number of nitro benzene ring substituents is 1. The van der Waals surface area contributed by atoms with E-state index in [9.17, 15) is 19.3 Å². The van der Waals surface area contributed by atoms with Crippen LogP contribution >= 0.6 is 11.8 Å². The molecule has 172 valence electrons. The number of carbonyl (C=O) groups is 1. The zero-order chi connectivity index (χ0) is 24.1. The molecular weight excluding hydrogens is 457 g/mol. The number of nitrogens with one attached hydrogen (secondary N) is 1. The fourth-order valence-corrected chi connectivity index (χ4v) is 4.22. The van der Waals surface area contributed by atoms with Crippen LogP contribution in [0.5, 0.6) is 0 Å². The molecule has 0 atom stereocenters. The fraction of sp³-hybridized carbons (Fsp3) is 0.125. The molecule has 0 aliphatic carbocycles. The highest BCUT2D eigenvalue weighted by atomic mass is 32.2. The van der Waals surface area contributed by atoms with Crippen LogP contribution in [-0.2, 0) is 12.3 Å². The van der Waals surface area contributed by atoms with Crippen molar-refractivity contribution in [3.05, 3.63) is 99.9 Å². The van der Waals surface area contributed by atoms with Crippen molar-refractivity contribution >= 4 is 29.0 Å². The smallest absolute Gasteiger partial charge is 0.269 e. The molecule has 3 aromatic carbocycles. The number of hydrogen-bond donors (Lipinski definition) is 1. The van der Waals surface area contributed by atoms with E-state index in [2.05, 4.69) is 15.5 Å². The van der Waals surface area contributed by atoms with E-state index in [1.165, 1.54) is 48.2 Å². The van der Waals surface area contributed by atoms with Gasteiger partial charge in [0.15, 0.2) is 11.0 Å². The average molecular weight is 478 g/mol.